The topological polar surface area (TPSA) is 68.1 Å². The molecule has 2 saturated heterocycles. The van der Waals surface area contributed by atoms with Crippen molar-refractivity contribution in [2.75, 3.05) is 31.6 Å². The zero-order valence-electron chi connectivity index (χ0n) is 20.5. The number of piperidine rings is 1. The summed E-state index contributed by atoms with van der Waals surface area (Å²) in [5, 5.41) is 9.26. The third-order valence-corrected chi connectivity index (χ3v) is 9.20. The molecule has 0 spiro atoms. The Morgan fingerprint density at radius 3 is 2.47 bits per heavy atom. The third kappa shape index (κ3) is 3.06. The summed E-state index contributed by atoms with van der Waals surface area (Å²) in [5.74, 6) is 2.17. The summed E-state index contributed by atoms with van der Waals surface area (Å²) in [5.41, 5.74) is 6.56. The fourth-order valence-corrected chi connectivity index (χ4v) is 6.84. The van der Waals surface area contributed by atoms with Crippen molar-refractivity contribution in [3.8, 4) is 0 Å². The molecule has 0 radical (unpaired) electrons. The number of likely N-dealkylation sites (tertiary alicyclic amines) is 1. The smallest absolute Gasteiger partial charge is 0.227 e. The molecular weight excluding hydrogens is 424 g/mol. The molecule has 5 aliphatic rings. The molecule has 7 heteroatoms. The van der Waals surface area contributed by atoms with Crippen molar-refractivity contribution < 1.29 is 4.74 Å². The van der Waals surface area contributed by atoms with Gasteiger partial charge in [0.1, 0.15) is 0 Å². The largest absolute Gasteiger partial charge is 0.377 e. The normalized spacial score (nSPS) is 28.3. The van der Waals surface area contributed by atoms with E-state index in [1.807, 2.05) is 12.4 Å². The van der Waals surface area contributed by atoms with Crippen LogP contribution < -0.4 is 5.32 Å². The molecule has 34 heavy (non-hydrogen) atoms. The molecule has 8 rings (SSSR count). The molecule has 2 aromatic heterocycles. The Hall–Kier alpha value is -2.51. The highest BCUT2D eigenvalue weighted by Crippen LogP contribution is 2.62. The standard InChI is InChI=1S/C27H34N6O/c1-17-8-21-13-28-25(31-24-14-29-33(18(24)2)27-10-19(11-27)12-27)30-23(21)9-22(17)20-4-6-32(7-5-20)26(3)15-34-16-26/h8-9,13-14,19-20H,4-7,10-12,15-16H2,1-3H3,(H,28,30,31). The average molecular weight is 459 g/mol. The van der Waals surface area contributed by atoms with E-state index in [1.165, 1.54) is 48.9 Å². The number of aryl methyl sites for hydroxylation is 1. The second-order valence-corrected chi connectivity index (χ2v) is 11.6. The van der Waals surface area contributed by atoms with E-state index in [1.54, 1.807) is 0 Å². The molecule has 0 unspecified atom stereocenters. The number of ether oxygens (including phenoxy) is 1. The Bertz CT molecular complexity index is 1250. The molecule has 1 N–H and O–H groups in total. The van der Waals surface area contributed by atoms with E-state index in [2.05, 4.69) is 52.8 Å². The van der Waals surface area contributed by atoms with Crippen molar-refractivity contribution in [3.05, 3.63) is 41.3 Å². The summed E-state index contributed by atoms with van der Waals surface area (Å²) in [7, 11) is 0. The fourth-order valence-electron chi connectivity index (χ4n) is 6.84. The second-order valence-electron chi connectivity index (χ2n) is 11.6. The molecule has 5 fully saturated rings. The zero-order chi connectivity index (χ0) is 23.1. The second kappa shape index (κ2) is 7.25. The van der Waals surface area contributed by atoms with E-state index in [9.17, 15) is 0 Å². The molecule has 7 nitrogen and oxygen atoms in total. The minimum absolute atomic E-state index is 0.252. The van der Waals surface area contributed by atoms with Gasteiger partial charge in [-0.2, -0.15) is 5.10 Å². The third-order valence-electron chi connectivity index (χ3n) is 9.20. The first-order valence-corrected chi connectivity index (χ1v) is 12.8. The molecule has 1 aromatic carbocycles. The van der Waals surface area contributed by atoms with Gasteiger partial charge in [0.25, 0.3) is 0 Å². The number of aromatic nitrogens is 4. The molecule has 178 valence electrons. The van der Waals surface area contributed by atoms with Crippen molar-refractivity contribution in [2.45, 2.75) is 69.9 Å². The maximum atomic E-state index is 5.49. The van der Waals surface area contributed by atoms with Crippen LogP contribution in [0, 0.1) is 19.8 Å². The lowest BCUT2D eigenvalue weighted by molar-refractivity contribution is -0.136. The molecule has 3 aromatic rings. The molecule has 0 atom stereocenters. The van der Waals surface area contributed by atoms with Crippen molar-refractivity contribution in [1.82, 2.24) is 24.6 Å². The van der Waals surface area contributed by atoms with E-state index in [0.29, 0.717) is 17.4 Å². The van der Waals surface area contributed by atoms with Crippen LogP contribution in [0.5, 0.6) is 0 Å². The van der Waals surface area contributed by atoms with Gasteiger partial charge in [-0.1, -0.05) is 0 Å². The number of nitrogens with zero attached hydrogens (tertiary/aromatic N) is 5. The van der Waals surface area contributed by atoms with Gasteiger partial charge < -0.3 is 10.1 Å². The van der Waals surface area contributed by atoms with Crippen LogP contribution in [0.4, 0.5) is 11.6 Å². The van der Waals surface area contributed by atoms with Crippen molar-refractivity contribution in [2.24, 2.45) is 5.92 Å². The summed E-state index contributed by atoms with van der Waals surface area (Å²) >= 11 is 0. The quantitative estimate of drug-likeness (QED) is 0.600. The van der Waals surface area contributed by atoms with Crippen LogP contribution in [0.1, 0.15) is 61.8 Å². The molecule has 2 aliphatic heterocycles. The minimum atomic E-state index is 0.252. The Morgan fingerprint density at radius 2 is 1.82 bits per heavy atom. The monoisotopic (exact) mass is 458 g/mol. The average Bonchev–Trinajstić information content (AvgIpc) is 3.10. The number of hydrogen-bond acceptors (Lipinski definition) is 6. The van der Waals surface area contributed by atoms with E-state index in [0.717, 1.165) is 48.8 Å². The zero-order valence-corrected chi connectivity index (χ0v) is 20.5. The Balaban J connectivity index is 1.11. The summed E-state index contributed by atoms with van der Waals surface area (Å²) in [4.78, 5) is 12.2. The first-order chi connectivity index (χ1) is 16.4. The number of rotatable bonds is 5. The summed E-state index contributed by atoms with van der Waals surface area (Å²) in [6, 6.07) is 4.57. The summed E-state index contributed by atoms with van der Waals surface area (Å²) < 4.78 is 7.73. The van der Waals surface area contributed by atoms with Crippen LogP contribution in [-0.2, 0) is 10.3 Å². The van der Waals surface area contributed by atoms with Crippen molar-refractivity contribution in [1.29, 1.82) is 0 Å². The SMILES string of the molecule is Cc1cc2cnc(Nc3cnn(C45CC(C4)C5)c3C)nc2cc1C1CCN(C2(C)COC2)CC1. The predicted molar refractivity (Wildman–Crippen MR) is 133 cm³/mol. The van der Waals surface area contributed by atoms with Crippen LogP contribution in [0.15, 0.2) is 24.5 Å². The highest BCUT2D eigenvalue weighted by atomic mass is 16.5. The van der Waals surface area contributed by atoms with E-state index in [-0.39, 0.29) is 5.54 Å². The van der Waals surface area contributed by atoms with Gasteiger partial charge in [-0.25, -0.2) is 9.97 Å². The molecule has 3 saturated carbocycles. The number of fused-ring (bicyclic) bond motifs is 1. The van der Waals surface area contributed by atoms with Gasteiger partial charge in [0.05, 0.1) is 47.4 Å². The lowest BCUT2D eigenvalue weighted by Gasteiger charge is -2.61. The number of hydrogen-bond donors (Lipinski definition) is 1. The number of benzene rings is 1. The van der Waals surface area contributed by atoms with Gasteiger partial charge in [-0.15, -0.1) is 0 Å². The van der Waals surface area contributed by atoms with Crippen LogP contribution in [0.25, 0.3) is 10.9 Å². The van der Waals surface area contributed by atoms with Gasteiger partial charge in [-0.05, 0) is 101 Å². The lowest BCUT2D eigenvalue weighted by atomic mass is 9.50. The van der Waals surface area contributed by atoms with E-state index >= 15 is 0 Å². The summed E-state index contributed by atoms with van der Waals surface area (Å²) in [6.45, 7) is 10.8. The van der Waals surface area contributed by atoms with Gasteiger partial charge in [0.2, 0.25) is 5.95 Å². The molecule has 4 heterocycles. The van der Waals surface area contributed by atoms with Crippen LogP contribution in [0.2, 0.25) is 0 Å². The Kier molecular flexibility index (Phi) is 4.44. The van der Waals surface area contributed by atoms with Gasteiger partial charge in [0.15, 0.2) is 0 Å². The maximum Gasteiger partial charge on any atom is 0.227 e. The summed E-state index contributed by atoms with van der Waals surface area (Å²) in [6.07, 6.45) is 10.1. The maximum absolute atomic E-state index is 5.49. The Morgan fingerprint density at radius 1 is 1.06 bits per heavy atom. The predicted octanol–water partition coefficient (Wildman–Crippen LogP) is 4.66. The molecule has 3 aliphatic carbocycles. The number of anilines is 2. The highest BCUT2D eigenvalue weighted by Gasteiger charge is 2.59. The van der Waals surface area contributed by atoms with E-state index in [4.69, 9.17) is 14.8 Å². The van der Waals surface area contributed by atoms with Gasteiger partial charge in [0, 0.05) is 11.6 Å². The first-order valence-electron chi connectivity index (χ1n) is 12.8. The van der Waals surface area contributed by atoms with Crippen molar-refractivity contribution in [3.63, 3.8) is 0 Å². The van der Waals surface area contributed by atoms with E-state index < -0.39 is 0 Å². The van der Waals surface area contributed by atoms with Gasteiger partial charge in [-0.3, -0.25) is 9.58 Å². The fraction of sp³-hybridized carbons (Fsp3) is 0.593. The molecule has 0 amide bonds. The molecular formula is C27H34N6O. The van der Waals surface area contributed by atoms with Crippen molar-refractivity contribution >= 4 is 22.5 Å². The first kappa shape index (κ1) is 20.8. The van der Waals surface area contributed by atoms with Crippen LogP contribution in [-0.4, -0.2) is 56.5 Å². The van der Waals surface area contributed by atoms with Crippen LogP contribution in [0.3, 0.4) is 0 Å². The Labute approximate surface area is 200 Å². The lowest BCUT2D eigenvalue weighted by Crippen LogP contribution is -2.61. The molecule has 2 bridgehead atoms. The highest BCUT2D eigenvalue weighted by molar-refractivity contribution is 5.81. The van der Waals surface area contributed by atoms with Gasteiger partial charge >= 0.3 is 0 Å². The van der Waals surface area contributed by atoms with Crippen LogP contribution >= 0.6 is 0 Å². The number of nitrogens with one attached hydrogen (secondary N) is 1. The minimum Gasteiger partial charge on any atom is -0.377 e.